The van der Waals surface area contributed by atoms with E-state index < -0.39 is 0 Å². The van der Waals surface area contributed by atoms with Gasteiger partial charge in [0.1, 0.15) is 5.01 Å². The Hall–Kier alpha value is -2.01. The van der Waals surface area contributed by atoms with Crippen LogP contribution >= 0.6 is 11.3 Å². The molecule has 92 valence electrons. The number of nitrogens with zero attached hydrogens (tertiary/aromatic N) is 2. The summed E-state index contributed by atoms with van der Waals surface area (Å²) in [5.74, 6) is -0.181. The van der Waals surface area contributed by atoms with Gasteiger partial charge in [-0.3, -0.25) is 10.1 Å². The minimum absolute atomic E-state index is 0.181. The van der Waals surface area contributed by atoms with Crippen LogP contribution in [0, 0.1) is 0 Å². The lowest BCUT2D eigenvalue weighted by Crippen LogP contribution is -2.07. The molecule has 0 unspecified atom stereocenters. The number of rotatable bonds is 4. The van der Waals surface area contributed by atoms with Gasteiger partial charge in [0.2, 0.25) is 11.0 Å². The van der Waals surface area contributed by atoms with Crippen LogP contribution < -0.4 is 5.32 Å². The van der Waals surface area contributed by atoms with Gasteiger partial charge in [0, 0.05) is 6.42 Å². The Morgan fingerprint density at radius 2 is 2.11 bits per heavy atom. The van der Waals surface area contributed by atoms with E-state index in [1.165, 1.54) is 23.0 Å². The minimum atomic E-state index is -0.181. The Labute approximate surface area is 109 Å². The normalized spacial score (nSPS) is 10.7. The SMILES string of the molecule is CC=CC(=O)Nc1nnc(Cc2ccccc2)s1. The van der Waals surface area contributed by atoms with Crippen LogP contribution in [-0.4, -0.2) is 16.1 Å². The summed E-state index contributed by atoms with van der Waals surface area (Å²) in [5.41, 5.74) is 1.18. The highest BCUT2D eigenvalue weighted by Gasteiger charge is 2.06. The van der Waals surface area contributed by atoms with Gasteiger partial charge in [-0.25, -0.2) is 0 Å². The van der Waals surface area contributed by atoms with Crippen molar-refractivity contribution in [2.45, 2.75) is 13.3 Å². The van der Waals surface area contributed by atoms with Gasteiger partial charge in [0.05, 0.1) is 0 Å². The maximum absolute atomic E-state index is 11.3. The molecule has 0 fully saturated rings. The van der Waals surface area contributed by atoms with Crippen molar-refractivity contribution >= 4 is 22.4 Å². The van der Waals surface area contributed by atoms with E-state index in [0.717, 1.165) is 11.4 Å². The zero-order valence-electron chi connectivity index (χ0n) is 9.96. The predicted molar refractivity (Wildman–Crippen MR) is 72.6 cm³/mol. The molecule has 2 aromatic rings. The second-order valence-corrected chi connectivity index (χ2v) is 4.71. The number of benzene rings is 1. The van der Waals surface area contributed by atoms with Gasteiger partial charge in [-0.1, -0.05) is 47.7 Å². The van der Waals surface area contributed by atoms with E-state index in [-0.39, 0.29) is 5.91 Å². The molecule has 0 aliphatic heterocycles. The van der Waals surface area contributed by atoms with Crippen LogP contribution in [-0.2, 0) is 11.2 Å². The molecule has 4 nitrogen and oxygen atoms in total. The van der Waals surface area contributed by atoms with E-state index in [9.17, 15) is 4.79 Å². The maximum Gasteiger partial charge on any atom is 0.249 e. The molecule has 1 aromatic carbocycles. The fraction of sp³-hybridized carbons (Fsp3) is 0.154. The van der Waals surface area contributed by atoms with Gasteiger partial charge in [-0.05, 0) is 18.6 Å². The Morgan fingerprint density at radius 3 is 2.83 bits per heavy atom. The summed E-state index contributed by atoms with van der Waals surface area (Å²) in [5, 5.41) is 12.1. The van der Waals surface area contributed by atoms with Gasteiger partial charge in [0.25, 0.3) is 0 Å². The summed E-state index contributed by atoms with van der Waals surface area (Å²) < 4.78 is 0. The standard InChI is InChI=1S/C13H13N3OS/c1-2-6-11(17)14-13-16-15-12(18-13)9-10-7-4-3-5-8-10/h2-8H,9H2,1H3,(H,14,16,17). The highest BCUT2D eigenvalue weighted by atomic mass is 32.1. The molecule has 0 atom stereocenters. The number of anilines is 1. The van der Waals surface area contributed by atoms with Crippen LogP contribution in [0.5, 0.6) is 0 Å². The molecular formula is C13H13N3OS. The summed E-state index contributed by atoms with van der Waals surface area (Å²) in [7, 11) is 0. The first kappa shape index (κ1) is 12.4. The lowest BCUT2D eigenvalue weighted by molar-refractivity contribution is -0.111. The van der Waals surface area contributed by atoms with Crippen LogP contribution in [0.3, 0.4) is 0 Å². The molecule has 1 aromatic heterocycles. The number of aromatic nitrogens is 2. The van der Waals surface area contributed by atoms with Crippen molar-refractivity contribution < 1.29 is 4.79 Å². The van der Waals surface area contributed by atoms with Crippen molar-refractivity contribution in [2.75, 3.05) is 5.32 Å². The molecule has 2 rings (SSSR count). The lowest BCUT2D eigenvalue weighted by Gasteiger charge is -1.95. The van der Waals surface area contributed by atoms with Gasteiger partial charge in [-0.15, -0.1) is 10.2 Å². The molecule has 1 amide bonds. The Morgan fingerprint density at radius 1 is 1.33 bits per heavy atom. The van der Waals surface area contributed by atoms with Gasteiger partial charge in [0.15, 0.2) is 0 Å². The first-order chi connectivity index (χ1) is 8.78. The summed E-state index contributed by atoms with van der Waals surface area (Å²) >= 11 is 1.39. The topological polar surface area (TPSA) is 54.9 Å². The van der Waals surface area contributed by atoms with Gasteiger partial charge in [-0.2, -0.15) is 0 Å². The Balaban J connectivity index is 2.00. The van der Waals surface area contributed by atoms with Crippen molar-refractivity contribution in [3.8, 4) is 0 Å². The van der Waals surface area contributed by atoms with Crippen LogP contribution in [0.25, 0.3) is 0 Å². The zero-order chi connectivity index (χ0) is 12.8. The van der Waals surface area contributed by atoms with E-state index in [4.69, 9.17) is 0 Å². The molecule has 0 spiro atoms. The summed E-state index contributed by atoms with van der Waals surface area (Å²) in [6.07, 6.45) is 3.87. The van der Waals surface area contributed by atoms with Crippen LogP contribution in [0.2, 0.25) is 0 Å². The molecule has 0 aliphatic rings. The third-order valence-corrected chi connectivity index (χ3v) is 3.05. The summed E-state index contributed by atoms with van der Waals surface area (Å²) in [6.45, 7) is 1.79. The largest absolute Gasteiger partial charge is 0.297 e. The highest BCUT2D eigenvalue weighted by molar-refractivity contribution is 7.15. The molecule has 0 saturated heterocycles. The Kier molecular flexibility index (Phi) is 4.20. The molecule has 0 bridgehead atoms. The quantitative estimate of drug-likeness (QED) is 0.859. The number of amides is 1. The van der Waals surface area contributed by atoms with Crippen molar-refractivity contribution in [2.24, 2.45) is 0 Å². The predicted octanol–water partition coefficient (Wildman–Crippen LogP) is 2.64. The third kappa shape index (κ3) is 3.49. The molecular weight excluding hydrogens is 246 g/mol. The smallest absolute Gasteiger partial charge is 0.249 e. The van der Waals surface area contributed by atoms with Crippen LogP contribution in [0.4, 0.5) is 5.13 Å². The molecule has 5 heteroatoms. The number of nitrogens with one attached hydrogen (secondary N) is 1. The third-order valence-electron chi connectivity index (χ3n) is 2.21. The van der Waals surface area contributed by atoms with Crippen molar-refractivity contribution in [1.82, 2.24) is 10.2 Å². The molecule has 0 aliphatic carbocycles. The van der Waals surface area contributed by atoms with E-state index in [2.05, 4.69) is 15.5 Å². The van der Waals surface area contributed by atoms with E-state index >= 15 is 0 Å². The molecule has 1 N–H and O–H groups in total. The van der Waals surface area contributed by atoms with E-state index in [1.807, 2.05) is 30.3 Å². The fourth-order valence-corrected chi connectivity index (χ4v) is 2.22. The zero-order valence-corrected chi connectivity index (χ0v) is 10.8. The summed E-state index contributed by atoms with van der Waals surface area (Å²) in [6, 6.07) is 10.0. The Bertz CT molecular complexity index is 548. The maximum atomic E-state index is 11.3. The highest BCUT2D eigenvalue weighted by Crippen LogP contribution is 2.18. The molecule has 1 heterocycles. The van der Waals surface area contributed by atoms with Crippen LogP contribution in [0.1, 0.15) is 17.5 Å². The monoisotopic (exact) mass is 259 g/mol. The number of hydrogen-bond donors (Lipinski definition) is 1. The number of carbonyl (C=O) groups excluding carboxylic acids is 1. The average Bonchev–Trinajstić information content (AvgIpc) is 2.78. The van der Waals surface area contributed by atoms with Crippen molar-refractivity contribution in [3.05, 3.63) is 53.1 Å². The van der Waals surface area contributed by atoms with Crippen molar-refractivity contribution in [3.63, 3.8) is 0 Å². The molecule has 0 radical (unpaired) electrons. The number of hydrogen-bond acceptors (Lipinski definition) is 4. The van der Waals surface area contributed by atoms with Crippen LogP contribution in [0.15, 0.2) is 42.5 Å². The number of allylic oxidation sites excluding steroid dienone is 1. The second kappa shape index (κ2) is 6.07. The lowest BCUT2D eigenvalue weighted by atomic mass is 10.2. The van der Waals surface area contributed by atoms with Gasteiger partial charge < -0.3 is 0 Å². The average molecular weight is 259 g/mol. The first-order valence-electron chi connectivity index (χ1n) is 5.58. The fourth-order valence-electron chi connectivity index (χ4n) is 1.44. The molecule has 0 saturated carbocycles. The number of carbonyl (C=O) groups is 1. The summed E-state index contributed by atoms with van der Waals surface area (Å²) in [4.78, 5) is 11.3. The van der Waals surface area contributed by atoms with Crippen molar-refractivity contribution in [1.29, 1.82) is 0 Å². The van der Waals surface area contributed by atoms with E-state index in [0.29, 0.717) is 5.13 Å². The molecule has 18 heavy (non-hydrogen) atoms. The minimum Gasteiger partial charge on any atom is -0.297 e. The first-order valence-corrected chi connectivity index (χ1v) is 6.39. The second-order valence-electron chi connectivity index (χ2n) is 3.65. The van der Waals surface area contributed by atoms with Gasteiger partial charge >= 0.3 is 0 Å². The van der Waals surface area contributed by atoms with E-state index in [1.54, 1.807) is 13.0 Å².